The van der Waals surface area contributed by atoms with E-state index < -0.39 is 5.82 Å². The number of fused-ring (bicyclic) bond motifs is 1. The predicted octanol–water partition coefficient (Wildman–Crippen LogP) is 5.28. The SMILES string of the molecule is O=C(Nc1nnc(Sc2ccnc3c(Cl)cccc23)s1)c1ccc(F)cc1. The molecule has 0 aliphatic heterocycles. The van der Waals surface area contributed by atoms with Crippen molar-refractivity contribution in [1.29, 1.82) is 0 Å². The molecule has 1 N–H and O–H groups in total. The fraction of sp³-hybridized carbons (Fsp3) is 0. The molecule has 5 nitrogen and oxygen atoms in total. The van der Waals surface area contributed by atoms with Crippen LogP contribution in [0.4, 0.5) is 9.52 Å². The van der Waals surface area contributed by atoms with E-state index in [0.29, 0.717) is 20.1 Å². The number of benzene rings is 2. The van der Waals surface area contributed by atoms with E-state index in [1.54, 1.807) is 12.3 Å². The number of amides is 1. The Bertz CT molecular complexity index is 1130. The number of carbonyl (C=O) groups is 1. The van der Waals surface area contributed by atoms with Gasteiger partial charge < -0.3 is 0 Å². The molecule has 9 heteroatoms. The van der Waals surface area contributed by atoms with Crippen molar-refractivity contribution >= 4 is 56.6 Å². The summed E-state index contributed by atoms with van der Waals surface area (Å²) in [7, 11) is 0. The summed E-state index contributed by atoms with van der Waals surface area (Å²) in [6, 6.07) is 12.8. The highest BCUT2D eigenvalue weighted by atomic mass is 35.5. The van der Waals surface area contributed by atoms with E-state index in [1.807, 2.05) is 18.2 Å². The Kier molecular flexibility index (Phi) is 5.02. The zero-order valence-electron chi connectivity index (χ0n) is 13.5. The number of pyridine rings is 1. The molecule has 0 bridgehead atoms. The lowest BCUT2D eigenvalue weighted by Crippen LogP contribution is -2.11. The molecule has 4 aromatic rings. The minimum atomic E-state index is -0.397. The highest BCUT2D eigenvalue weighted by molar-refractivity contribution is 8.01. The quantitative estimate of drug-likeness (QED) is 0.458. The fourth-order valence-electron chi connectivity index (χ4n) is 2.37. The first-order valence-electron chi connectivity index (χ1n) is 7.71. The highest BCUT2D eigenvalue weighted by Gasteiger charge is 2.13. The summed E-state index contributed by atoms with van der Waals surface area (Å²) in [5.74, 6) is -0.769. The number of nitrogens with one attached hydrogen (secondary N) is 1. The van der Waals surface area contributed by atoms with Crippen LogP contribution < -0.4 is 5.32 Å². The number of hydrogen-bond acceptors (Lipinski definition) is 6. The van der Waals surface area contributed by atoms with E-state index in [4.69, 9.17) is 11.6 Å². The van der Waals surface area contributed by atoms with Crippen LogP contribution in [0.3, 0.4) is 0 Å². The van der Waals surface area contributed by atoms with Gasteiger partial charge in [-0.25, -0.2) is 4.39 Å². The van der Waals surface area contributed by atoms with E-state index >= 15 is 0 Å². The van der Waals surface area contributed by atoms with Gasteiger partial charge in [-0.05, 0) is 36.4 Å². The number of rotatable bonds is 4. The van der Waals surface area contributed by atoms with Gasteiger partial charge in [0.2, 0.25) is 5.13 Å². The number of hydrogen-bond donors (Lipinski definition) is 1. The van der Waals surface area contributed by atoms with Gasteiger partial charge in [0.15, 0.2) is 4.34 Å². The summed E-state index contributed by atoms with van der Waals surface area (Å²) in [5.41, 5.74) is 1.06. The molecule has 0 saturated heterocycles. The van der Waals surface area contributed by atoms with Crippen molar-refractivity contribution < 1.29 is 9.18 Å². The van der Waals surface area contributed by atoms with Gasteiger partial charge in [-0.3, -0.25) is 15.1 Å². The zero-order chi connectivity index (χ0) is 18.8. The standard InChI is InChI=1S/C18H10ClFN4OS2/c19-13-3-1-2-12-14(8-9-21-15(12)13)26-18-24-23-17(27-18)22-16(25)10-4-6-11(20)7-5-10/h1-9H,(H,22,23,25). The second-order valence-electron chi connectivity index (χ2n) is 5.38. The number of nitrogens with zero attached hydrogens (tertiary/aromatic N) is 3. The van der Waals surface area contributed by atoms with E-state index in [0.717, 1.165) is 15.8 Å². The maximum Gasteiger partial charge on any atom is 0.257 e. The highest BCUT2D eigenvalue weighted by Crippen LogP contribution is 2.36. The summed E-state index contributed by atoms with van der Waals surface area (Å²) in [6.07, 6.45) is 1.69. The van der Waals surface area contributed by atoms with E-state index in [9.17, 15) is 9.18 Å². The minimum Gasteiger partial charge on any atom is -0.296 e. The molecule has 0 atom stereocenters. The second-order valence-corrected chi connectivity index (χ2v) is 8.06. The van der Waals surface area contributed by atoms with Gasteiger partial charge in [-0.2, -0.15) is 0 Å². The Labute approximate surface area is 166 Å². The monoisotopic (exact) mass is 416 g/mol. The lowest BCUT2D eigenvalue weighted by atomic mass is 10.2. The smallest absolute Gasteiger partial charge is 0.257 e. The molecule has 4 rings (SSSR count). The normalized spacial score (nSPS) is 10.9. The topological polar surface area (TPSA) is 67.8 Å². The second kappa shape index (κ2) is 7.59. The van der Waals surface area contributed by atoms with Crippen LogP contribution in [0.5, 0.6) is 0 Å². The van der Waals surface area contributed by atoms with Crippen molar-refractivity contribution in [3.05, 3.63) is 71.1 Å². The molecule has 0 aliphatic rings. The summed E-state index contributed by atoms with van der Waals surface area (Å²) in [4.78, 5) is 17.4. The summed E-state index contributed by atoms with van der Waals surface area (Å²) < 4.78 is 13.6. The third-order valence-electron chi connectivity index (χ3n) is 3.61. The Hall–Kier alpha value is -2.55. The predicted molar refractivity (Wildman–Crippen MR) is 105 cm³/mol. The molecule has 134 valence electrons. The van der Waals surface area contributed by atoms with Crippen LogP contribution in [0, 0.1) is 5.82 Å². The zero-order valence-corrected chi connectivity index (χ0v) is 15.9. The molecule has 0 radical (unpaired) electrons. The van der Waals surface area contributed by atoms with Crippen LogP contribution in [-0.4, -0.2) is 21.1 Å². The average molecular weight is 417 g/mol. The number of carbonyl (C=O) groups excluding carboxylic acids is 1. The maximum absolute atomic E-state index is 13.0. The van der Waals surface area contributed by atoms with Crippen LogP contribution in [0.1, 0.15) is 10.4 Å². The Morgan fingerprint density at radius 2 is 1.93 bits per heavy atom. The molecule has 0 aliphatic carbocycles. The first-order chi connectivity index (χ1) is 13.1. The van der Waals surface area contributed by atoms with Gasteiger partial charge in [0.05, 0.1) is 10.5 Å². The van der Waals surface area contributed by atoms with Crippen LogP contribution >= 0.6 is 34.7 Å². The molecule has 27 heavy (non-hydrogen) atoms. The van der Waals surface area contributed by atoms with Gasteiger partial charge in [-0.15, -0.1) is 10.2 Å². The molecule has 0 saturated carbocycles. The van der Waals surface area contributed by atoms with Gasteiger partial charge in [0.25, 0.3) is 5.91 Å². The van der Waals surface area contributed by atoms with Crippen molar-refractivity contribution in [3.63, 3.8) is 0 Å². The van der Waals surface area contributed by atoms with Crippen LogP contribution in [0.15, 0.2) is 64.0 Å². The number of aromatic nitrogens is 3. The molecule has 2 aromatic heterocycles. The third kappa shape index (κ3) is 3.92. The fourth-order valence-corrected chi connectivity index (χ4v) is 4.41. The van der Waals surface area contributed by atoms with Crippen LogP contribution in [0.2, 0.25) is 5.02 Å². The van der Waals surface area contributed by atoms with Crippen molar-refractivity contribution in [2.45, 2.75) is 9.24 Å². The first kappa shape index (κ1) is 17.8. The molecule has 0 fully saturated rings. The first-order valence-corrected chi connectivity index (χ1v) is 9.73. The third-order valence-corrected chi connectivity index (χ3v) is 5.88. The molecular formula is C18H10ClFN4OS2. The van der Waals surface area contributed by atoms with Crippen molar-refractivity contribution in [3.8, 4) is 0 Å². The Morgan fingerprint density at radius 1 is 1.11 bits per heavy atom. The molecule has 0 unspecified atom stereocenters. The van der Waals surface area contributed by atoms with Gasteiger partial charge in [-0.1, -0.05) is 46.8 Å². The van der Waals surface area contributed by atoms with Gasteiger partial charge >= 0.3 is 0 Å². The molecule has 1 amide bonds. The minimum absolute atomic E-state index is 0.343. The molecule has 2 heterocycles. The molecule has 0 spiro atoms. The summed E-state index contributed by atoms with van der Waals surface area (Å²) >= 11 is 8.86. The number of anilines is 1. The van der Waals surface area contributed by atoms with E-state index in [-0.39, 0.29) is 5.91 Å². The lowest BCUT2D eigenvalue weighted by molar-refractivity contribution is 0.102. The van der Waals surface area contributed by atoms with Gasteiger partial charge in [0, 0.05) is 22.0 Å². The molecule has 2 aromatic carbocycles. The molecular weight excluding hydrogens is 407 g/mol. The summed E-state index contributed by atoms with van der Waals surface area (Å²) in [6.45, 7) is 0. The van der Waals surface area contributed by atoms with Crippen molar-refractivity contribution in [1.82, 2.24) is 15.2 Å². The maximum atomic E-state index is 13.0. The Morgan fingerprint density at radius 3 is 2.74 bits per heavy atom. The van der Waals surface area contributed by atoms with Crippen molar-refractivity contribution in [2.24, 2.45) is 0 Å². The number of halogens is 2. The Balaban J connectivity index is 1.53. The average Bonchev–Trinajstić information content (AvgIpc) is 3.10. The van der Waals surface area contributed by atoms with Crippen LogP contribution in [0.25, 0.3) is 10.9 Å². The van der Waals surface area contributed by atoms with E-state index in [2.05, 4.69) is 20.5 Å². The van der Waals surface area contributed by atoms with Gasteiger partial charge in [0.1, 0.15) is 5.82 Å². The summed E-state index contributed by atoms with van der Waals surface area (Å²) in [5, 5.41) is 12.6. The lowest BCUT2D eigenvalue weighted by Gasteiger charge is -2.04. The van der Waals surface area contributed by atoms with Crippen molar-refractivity contribution in [2.75, 3.05) is 5.32 Å². The number of para-hydroxylation sites is 1. The van der Waals surface area contributed by atoms with E-state index in [1.165, 1.54) is 47.4 Å². The largest absolute Gasteiger partial charge is 0.296 e. The van der Waals surface area contributed by atoms with Crippen LogP contribution in [-0.2, 0) is 0 Å².